The Bertz CT molecular complexity index is 3750. The first kappa shape index (κ1) is 71.5. The first-order valence-corrected chi connectivity index (χ1v) is 31.1. The Labute approximate surface area is 565 Å². The van der Waals surface area contributed by atoms with E-state index in [1.807, 2.05) is 0 Å². The van der Waals surface area contributed by atoms with E-state index in [0.29, 0.717) is 0 Å². The monoisotopic (exact) mass is 1370 g/mol. The van der Waals surface area contributed by atoms with Crippen molar-refractivity contribution < 1.29 is 134 Å². The van der Waals surface area contributed by atoms with E-state index in [4.69, 9.17) is 80.5 Å². The maximum Gasteiger partial charge on any atom is 0.338 e. The van der Waals surface area contributed by atoms with E-state index in [9.17, 15) is 53.1 Å². The van der Waals surface area contributed by atoms with Crippen molar-refractivity contribution in [2.75, 3.05) is 26.4 Å². The molecule has 0 bridgehead atoms. The van der Waals surface area contributed by atoms with Gasteiger partial charge in [-0.15, -0.1) is 0 Å². The number of ether oxygens (including phenoxy) is 17. The molecular weight excluding hydrogens is 1300 g/mol. The summed E-state index contributed by atoms with van der Waals surface area (Å²) >= 11 is 0. The maximum atomic E-state index is 14.4. The fourth-order valence-electron chi connectivity index (χ4n) is 11.1. The molecule has 28 nitrogen and oxygen atoms in total. The van der Waals surface area contributed by atoms with Crippen LogP contribution in [-0.2, 0) is 99.7 Å². The molecule has 17 atom stereocenters. The smallest absolute Gasteiger partial charge is 0.338 e. The van der Waals surface area contributed by atoms with Gasteiger partial charge in [-0.05, 0) is 72.8 Å². The zero-order valence-electron chi connectivity index (χ0n) is 53.4. The highest BCUT2D eigenvalue weighted by Crippen LogP contribution is 2.39. The van der Waals surface area contributed by atoms with Crippen molar-refractivity contribution in [3.63, 3.8) is 0 Å². The van der Waals surface area contributed by atoms with Gasteiger partial charge in [0, 0.05) is 27.7 Å². The van der Waals surface area contributed by atoms with Crippen LogP contribution in [0.5, 0.6) is 0 Å². The van der Waals surface area contributed by atoms with Crippen LogP contribution in [0, 0.1) is 0 Å². The third kappa shape index (κ3) is 18.7. The number of aliphatic hydroxyl groups excluding tert-OH is 1. The first-order valence-electron chi connectivity index (χ1n) is 31.1. The van der Waals surface area contributed by atoms with Gasteiger partial charge in [-0.1, -0.05) is 109 Å². The molecule has 0 saturated carbocycles. The molecular formula is C71H68O28. The SMILES string of the molecule is CC(=O)OCC1OC(OCC2OC(O)C(OC3OC(COC(=O)c4ccccc4)C(OC(=O)c4ccccc4)C3OC(=O)c3ccccc3)C2OC2OC(COC(=O)c3ccccc3)C(OC(=O)c3ccccc3)C2OC(=O)c2ccccc2)C(OC(C)=O)C(OC(C)=O)C1OC(C)=O. The summed E-state index contributed by atoms with van der Waals surface area (Å²) in [5, 5.41) is 12.4. The quantitative estimate of drug-likeness (QED) is 0.0507. The van der Waals surface area contributed by atoms with Crippen LogP contribution in [-0.4, -0.2) is 196 Å². The van der Waals surface area contributed by atoms with Gasteiger partial charge in [-0.3, -0.25) is 19.2 Å². The van der Waals surface area contributed by atoms with Crippen LogP contribution in [0.3, 0.4) is 0 Å². The molecule has 99 heavy (non-hydrogen) atoms. The molecule has 0 spiro atoms. The first-order chi connectivity index (χ1) is 47.8. The molecule has 0 aliphatic carbocycles. The van der Waals surface area contributed by atoms with Crippen molar-refractivity contribution in [3.05, 3.63) is 215 Å². The Kier molecular flexibility index (Phi) is 24.4. The number of rotatable bonds is 26. The molecule has 4 saturated heterocycles. The molecule has 0 radical (unpaired) electrons. The highest BCUT2D eigenvalue weighted by molar-refractivity contribution is 5.92. The van der Waals surface area contributed by atoms with Gasteiger partial charge >= 0.3 is 59.7 Å². The average molecular weight is 1370 g/mol. The molecule has 28 heteroatoms. The van der Waals surface area contributed by atoms with Crippen molar-refractivity contribution >= 4 is 59.7 Å². The van der Waals surface area contributed by atoms with Crippen LogP contribution in [0.1, 0.15) is 89.8 Å². The van der Waals surface area contributed by atoms with Gasteiger partial charge in [0.2, 0.25) is 0 Å². The molecule has 0 aromatic heterocycles. The summed E-state index contributed by atoms with van der Waals surface area (Å²) in [5.74, 6) is -9.35. The van der Waals surface area contributed by atoms with Gasteiger partial charge in [-0.25, -0.2) is 28.8 Å². The van der Waals surface area contributed by atoms with Crippen molar-refractivity contribution in [1.29, 1.82) is 0 Å². The summed E-state index contributed by atoms with van der Waals surface area (Å²) in [6, 6.07) is 46.1. The zero-order valence-corrected chi connectivity index (χ0v) is 53.4. The van der Waals surface area contributed by atoms with Crippen LogP contribution >= 0.6 is 0 Å². The lowest BCUT2D eigenvalue weighted by Gasteiger charge is -2.44. The summed E-state index contributed by atoms with van der Waals surface area (Å²) in [7, 11) is 0. The van der Waals surface area contributed by atoms with E-state index in [2.05, 4.69) is 0 Å². The lowest BCUT2D eigenvalue weighted by Crippen LogP contribution is -2.63. The summed E-state index contributed by atoms with van der Waals surface area (Å²) < 4.78 is 104. The van der Waals surface area contributed by atoms with Crippen LogP contribution in [0.4, 0.5) is 0 Å². The van der Waals surface area contributed by atoms with Crippen molar-refractivity contribution in [1.82, 2.24) is 0 Å². The summed E-state index contributed by atoms with van der Waals surface area (Å²) in [6.45, 7) is 1.18. The maximum absolute atomic E-state index is 14.4. The highest BCUT2D eigenvalue weighted by Gasteiger charge is 2.60. The number of carbonyl (C=O) groups is 10. The third-order valence-corrected chi connectivity index (χ3v) is 15.6. The normalized spacial score (nSPS) is 26.9. The molecule has 17 unspecified atom stereocenters. The molecule has 4 aliphatic heterocycles. The van der Waals surface area contributed by atoms with Gasteiger partial charge in [-0.2, -0.15) is 0 Å². The summed E-state index contributed by atoms with van der Waals surface area (Å²) in [4.78, 5) is 135. The molecule has 1 N–H and O–H groups in total. The van der Waals surface area contributed by atoms with Crippen molar-refractivity contribution in [2.24, 2.45) is 0 Å². The number of aliphatic hydroxyl groups is 1. The van der Waals surface area contributed by atoms with Gasteiger partial charge < -0.3 is 85.6 Å². The van der Waals surface area contributed by atoms with Crippen LogP contribution in [0.2, 0.25) is 0 Å². The second-order valence-electron chi connectivity index (χ2n) is 22.6. The lowest BCUT2D eigenvalue weighted by molar-refractivity contribution is -0.314. The van der Waals surface area contributed by atoms with Crippen LogP contribution in [0.15, 0.2) is 182 Å². The standard InChI is InChI=1S/C71H68O28/c1-39(72)83-35-50-53(87-40(2)73)57(88-41(3)74)61(89-42(4)75)69(91-50)86-38-49-54(98-70-59(96-66(80)47-31-19-9-20-32-47)55(94-64(78)45-27-15-7-16-28-45)51(92-70)36-84-62(76)43-23-11-5-12-24-43)58(68(82)90-49)99-71-60(97-67(81)48-33-21-10-22-34-48)56(95-65(79)46-29-17-8-18-30-46)52(93-71)37-85-63(77)44-25-13-6-14-26-44/h5-34,49-61,68-71,82H,35-38H2,1-4H3. The number of esters is 10. The molecule has 520 valence electrons. The Balaban J connectivity index is 1.06. The van der Waals surface area contributed by atoms with E-state index in [-0.39, 0.29) is 33.4 Å². The fraction of sp³-hybridized carbons (Fsp3) is 0.352. The molecule has 0 amide bonds. The minimum Gasteiger partial charge on any atom is -0.463 e. The van der Waals surface area contributed by atoms with E-state index in [0.717, 1.165) is 27.7 Å². The zero-order chi connectivity index (χ0) is 70.1. The molecule has 4 fully saturated rings. The lowest BCUT2D eigenvalue weighted by atomic mass is 9.98. The average Bonchev–Trinajstić information content (AvgIpc) is 1.73. The van der Waals surface area contributed by atoms with Gasteiger partial charge in [0.05, 0.1) is 40.0 Å². The Hall–Kier alpha value is -10.3. The second kappa shape index (κ2) is 33.8. The molecule has 4 heterocycles. The Morgan fingerprint density at radius 2 is 0.556 bits per heavy atom. The summed E-state index contributed by atoms with van der Waals surface area (Å²) in [5.41, 5.74) is 0.264. The van der Waals surface area contributed by atoms with Gasteiger partial charge in [0.15, 0.2) is 67.9 Å². The molecule has 10 rings (SSSR count). The predicted molar refractivity (Wildman–Crippen MR) is 332 cm³/mol. The third-order valence-electron chi connectivity index (χ3n) is 15.6. The van der Waals surface area contributed by atoms with E-state index < -0.39 is 191 Å². The van der Waals surface area contributed by atoms with Gasteiger partial charge in [0.1, 0.15) is 56.4 Å². The Morgan fingerprint density at radius 1 is 0.283 bits per heavy atom. The number of hydrogen-bond acceptors (Lipinski definition) is 28. The number of carbonyl (C=O) groups excluding carboxylic acids is 10. The highest BCUT2D eigenvalue weighted by atomic mass is 16.8. The Morgan fingerprint density at radius 3 is 0.909 bits per heavy atom. The topological polar surface area (TPSA) is 348 Å². The second-order valence-corrected chi connectivity index (χ2v) is 22.6. The van der Waals surface area contributed by atoms with E-state index in [1.165, 1.54) is 72.8 Å². The van der Waals surface area contributed by atoms with Gasteiger partial charge in [0.25, 0.3) is 0 Å². The molecule has 6 aromatic carbocycles. The van der Waals surface area contributed by atoms with Crippen LogP contribution < -0.4 is 0 Å². The predicted octanol–water partition coefficient (Wildman–Crippen LogP) is 5.64. The van der Waals surface area contributed by atoms with E-state index in [1.54, 1.807) is 109 Å². The molecule has 6 aromatic rings. The summed E-state index contributed by atoms with van der Waals surface area (Å²) in [6.07, 6.45) is -30.7. The van der Waals surface area contributed by atoms with E-state index >= 15 is 0 Å². The fourth-order valence-corrected chi connectivity index (χ4v) is 11.1. The van der Waals surface area contributed by atoms with Crippen molar-refractivity contribution in [3.8, 4) is 0 Å². The minimum absolute atomic E-state index is 0.00537. The van der Waals surface area contributed by atoms with Crippen LogP contribution in [0.25, 0.3) is 0 Å². The largest absolute Gasteiger partial charge is 0.463 e. The van der Waals surface area contributed by atoms with Crippen molar-refractivity contribution in [2.45, 2.75) is 132 Å². The number of benzene rings is 6. The number of hydrogen-bond donors (Lipinski definition) is 1. The minimum atomic E-state index is -2.21. The molecule has 4 aliphatic rings.